The van der Waals surface area contributed by atoms with Crippen molar-refractivity contribution in [2.75, 3.05) is 0 Å². The highest BCUT2D eigenvalue weighted by Gasteiger charge is 2.21. The molecule has 0 atom stereocenters. The lowest BCUT2D eigenvalue weighted by molar-refractivity contribution is -0.130. The second-order valence-electron chi connectivity index (χ2n) is 6.23. The van der Waals surface area contributed by atoms with Gasteiger partial charge in [-0.2, -0.15) is 0 Å². The fourth-order valence-corrected chi connectivity index (χ4v) is 2.79. The van der Waals surface area contributed by atoms with Crippen LogP contribution in [0, 0.1) is 0 Å². The zero-order valence-electron chi connectivity index (χ0n) is 15.1. The maximum absolute atomic E-state index is 12.1. The molecule has 1 heterocycles. The topological polar surface area (TPSA) is 35.5 Å². The zero-order chi connectivity index (χ0) is 19.2. The summed E-state index contributed by atoms with van der Waals surface area (Å²) in [5.41, 5.74) is 2.42. The van der Waals surface area contributed by atoms with Gasteiger partial charge in [-0.1, -0.05) is 60.7 Å². The number of cyclic esters (lactones) is 1. The lowest BCUT2D eigenvalue weighted by Crippen LogP contribution is -1.96. The highest BCUT2D eigenvalue weighted by Crippen LogP contribution is 2.29. The normalized spacial score (nSPS) is 14.9. The predicted molar refractivity (Wildman–Crippen MR) is 111 cm³/mol. The molecule has 0 bridgehead atoms. The first-order valence-electron chi connectivity index (χ1n) is 8.98. The molecule has 3 heteroatoms. The summed E-state index contributed by atoms with van der Waals surface area (Å²) in [5.74, 6) is 1.69. The van der Waals surface area contributed by atoms with Crippen molar-refractivity contribution < 1.29 is 14.3 Å². The van der Waals surface area contributed by atoms with E-state index in [1.165, 1.54) is 0 Å². The van der Waals surface area contributed by atoms with Crippen molar-refractivity contribution in [3.05, 3.63) is 120 Å². The van der Waals surface area contributed by atoms with Gasteiger partial charge in [0, 0.05) is 5.56 Å². The molecule has 0 radical (unpaired) electrons. The minimum Gasteiger partial charge on any atom is -0.457 e. The van der Waals surface area contributed by atoms with Crippen LogP contribution >= 0.6 is 0 Å². The van der Waals surface area contributed by atoms with Crippen molar-refractivity contribution in [3.63, 3.8) is 0 Å². The van der Waals surface area contributed by atoms with Crippen LogP contribution in [0.2, 0.25) is 0 Å². The summed E-state index contributed by atoms with van der Waals surface area (Å²) in [4.78, 5) is 12.1. The largest absolute Gasteiger partial charge is 0.457 e. The van der Waals surface area contributed by atoms with E-state index in [9.17, 15) is 4.79 Å². The first kappa shape index (κ1) is 17.6. The van der Waals surface area contributed by atoms with Crippen molar-refractivity contribution >= 4 is 17.8 Å². The molecule has 0 aromatic heterocycles. The third-order valence-corrected chi connectivity index (χ3v) is 4.21. The number of hydrogen-bond donors (Lipinski definition) is 0. The molecule has 0 amide bonds. The van der Waals surface area contributed by atoms with Crippen molar-refractivity contribution in [1.82, 2.24) is 0 Å². The number of allylic oxidation sites excluding steroid dienone is 2. The molecule has 136 valence electrons. The van der Waals surface area contributed by atoms with Crippen molar-refractivity contribution in [3.8, 4) is 11.5 Å². The monoisotopic (exact) mass is 366 g/mol. The number of rotatable bonds is 5. The maximum Gasteiger partial charge on any atom is 0.343 e. The van der Waals surface area contributed by atoms with Crippen molar-refractivity contribution in [2.24, 2.45) is 0 Å². The van der Waals surface area contributed by atoms with Gasteiger partial charge in [-0.25, -0.2) is 4.79 Å². The smallest absolute Gasteiger partial charge is 0.343 e. The Morgan fingerprint density at radius 1 is 0.750 bits per heavy atom. The van der Waals surface area contributed by atoms with Gasteiger partial charge in [-0.3, -0.25) is 0 Å². The third kappa shape index (κ3) is 4.27. The Bertz CT molecular complexity index is 1040. The lowest BCUT2D eigenvalue weighted by Gasteiger charge is -2.06. The van der Waals surface area contributed by atoms with Gasteiger partial charge in [0.05, 0.1) is 5.57 Å². The lowest BCUT2D eigenvalue weighted by atomic mass is 10.1. The quantitative estimate of drug-likeness (QED) is 0.409. The van der Waals surface area contributed by atoms with Gasteiger partial charge in [-0.15, -0.1) is 0 Å². The zero-order valence-corrected chi connectivity index (χ0v) is 15.1. The standard InChI is InChI=1S/C25H18O3/c26-25-21(11-7-10-19-8-3-1-4-9-19)18-24(28-25)20-14-16-23(17-15-20)27-22-12-5-2-6-13-22/h1-18H/b10-7+,21-11+. The van der Waals surface area contributed by atoms with Gasteiger partial charge in [-0.05, 0) is 54.1 Å². The van der Waals surface area contributed by atoms with Gasteiger partial charge in [0.1, 0.15) is 17.3 Å². The Morgan fingerprint density at radius 2 is 1.39 bits per heavy atom. The van der Waals surface area contributed by atoms with E-state index in [0.717, 1.165) is 22.6 Å². The summed E-state index contributed by atoms with van der Waals surface area (Å²) in [6, 6.07) is 27.0. The predicted octanol–water partition coefficient (Wildman–Crippen LogP) is 6.02. The average Bonchev–Trinajstić information content (AvgIpc) is 3.11. The molecule has 4 rings (SSSR count). The summed E-state index contributed by atoms with van der Waals surface area (Å²) in [6.07, 6.45) is 7.31. The molecule has 3 aromatic carbocycles. The highest BCUT2D eigenvalue weighted by atomic mass is 16.5. The molecule has 3 aromatic rings. The molecule has 0 saturated heterocycles. The molecule has 1 aliphatic rings. The van der Waals surface area contributed by atoms with Crippen LogP contribution in [0.25, 0.3) is 11.8 Å². The minimum absolute atomic E-state index is 0.350. The number of ether oxygens (including phenoxy) is 2. The molecule has 0 unspecified atom stereocenters. The first-order valence-corrected chi connectivity index (χ1v) is 8.98. The Labute approximate surface area is 163 Å². The maximum atomic E-state index is 12.1. The second kappa shape index (κ2) is 8.23. The van der Waals surface area contributed by atoms with E-state index in [2.05, 4.69) is 0 Å². The van der Waals surface area contributed by atoms with E-state index in [0.29, 0.717) is 11.3 Å². The van der Waals surface area contributed by atoms with Crippen LogP contribution < -0.4 is 4.74 Å². The van der Waals surface area contributed by atoms with Crippen molar-refractivity contribution in [1.29, 1.82) is 0 Å². The molecule has 0 N–H and O–H groups in total. The van der Waals surface area contributed by atoms with Crippen LogP contribution in [0.1, 0.15) is 11.1 Å². The summed E-state index contributed by atoms with van der Waals surface area (Å²) in [6.45, 7) is 0. The molecular formula is C25H18O3. The van der Waals surface area contributed by atoms with Crippen LogP contribution in [0.4, 0.5) is 0 Å². The van der Waals surface area contributed by atoms with Gasteiger partial charge < -0.3 is 9.47 Å². The highest BCUT2D eigenvalue weighted by molar-refractivity contribution is 6.01. The van der Waals surface area contributed by atoms with E-state index >= 15 is 0 Å². The molecule has 28 heavy (non-hydrogen) atoms. The van der Waals surface area contributed by atoms with Gasteiger partial charge in [0.15, 0.2) is 0 Å². The van der Waals surface area contributed by atoms with Crippen LogP contribution in [0.5, 0.6) is 11.5 Å². The second-order valence-corrected chi connectivity index (χ2v) is 6.23. The van der Waals surface area contributed by atoms with Crippen LogP contribution in [-0.4, -0.2) is 5.97 Å². The van der Waals surface area contributed by atoms with Gasteiger partial charge in [0.25, 0.3) is 0 Å². The molecular weight excluding hydrogens is 348 g/mol. The summed E-state index contributed by atoms with van der Waals surface area (Å²) >= 11 is 0. The van der Waals surface area contributed by atoms with Gasteiger partial charge in [0.2, 0.25) is 0 Å². The molecule has 0 aliphatic carbocycles. The summed E-state index contributed by atoms with van der Waals surface area (Å²) < 4.78 is 11.2. The molecule has 0 fully saturated rings. The van der Waals surface area contributed by atoms with Crippen LogP contribution in [0.3, 0.4) is 0 Å². The van der Waals surface area contributed by atoms with Crippen LogP contribution in [0.15, 0.2) is 109 Å². The Hall–Kier alpha value is -3.85. The number of benzene rings is 3. The third-order valence-electron chi connectivity index (χ3n) is 4.21. The number of para-hydroxylation sites is 1. The fraction of sp³-hybridized carbons (Fsp3) is 0. The number of esters is 1. The summed E-state index contributed by atoms with van der Waals surface area (Å²) in [7, 11) is 0. The minimum atomic E-state index is -0.350. The summed E-state index contributed by atoms with van der Waals surface area (Å²) in [5, 5.41) is 0. The molecule has 3 nitrogen and oxygen atoms in total. The van der Waals surface area contributed by atoms with E-state index in [1.807, 2.05) is 97.1 Å². The molecule has 1 aliphatic heterocycles. The first-order chi connectivity index (χ1) is 13.8. The van der Waals surface area contributed by atoms with E-state index in [-0.39, 0.29) is 5.97 Å². The van der Waals surface area contributed by atoms with Crippen molar-refractivity contribution in [2.45, 2.75) is 0 Å². The Morgan fingerprint density at radius 3 is 2.11 bits per heavy atom. The Kier molecular flexibility index (Phi) is 5.16. The number of carbonyl (C=O) groups excluding carboxylic acids is 1. The molecule has 0 spiro atoms. The molecule has 0 saturated carbocycles. The Balaban J connectivity index is 1.47. The van der Waals surface area contributed by atoms with E-state index < -0.39 is 0 Å². The van der Waals surface area contributed by atoms with Gasteiger partial charge >= 0.3 is 5.97 Å². The number of hydrogen-bond acceptors (Lipinski definition) is 3. The fourth-order valence-electron chi connectivity index (χ4n) is 2.79. The number of carbonyl (C=O) groups is 1. The van der Waals surface area contributed by atoms with E-state index in [1.54, 1.807) is 12.2 Å². The average molecular weight is 366 g/mol. The van der Waals surface area contributed by atoms with Crippen LogP contribution in [-0.2, 0) is 9.53 Å². The van der Waals surface area contributed by atoms with E-state index in [4.69, 9.17) is 9.47 Å². The SMILES string of the molecule is O=C1OC(c2ccc(Oc3ccccc3)cc2)=C/C1=C\C=C\c1ccccc1.